The Bertz CT molecular complexity index is 483. The number of hydrogen-bond donors (Lipinski definition) is 3. The minimum Gasteiger partial charge on any atom is -0.481 e. The Morgan fingerprint density at radius 2 is 1.95 bits per heavy atom. The quantitative estimate of drug-likeness (QED) is 0.787. The predicted molar refractivity (Wildman–Crippen MR) is 75.8 cm³/mol. The summed E-state index contributed by atoms with van der Waals surface area (Å²) in [6.07, 6.45) is -0.0892. The van der Waals surface area contributed by atoms with Gasteiger partial charge in [0.1, 0.15) is 0 Å². The third-order valence-corrected chi connectivity index (χ3v) is 2.96. The number of aryl methyl sites for hydroxylation is 2. The zero-order valence-corrected chi connectivity index (χ0v) is 12.6. The van der Waals surface area contributed by atoms with Gasteiger partial charge in [0.25, 0.3) is 0 Å². The average Bonchev–Trinajstić information content (AvgIpc) is 2.58. The van der Waals surface area contributed by atoms with E-state index in [0.717, 1.165) is 5.69 Å². The molecule has 0 aliphatic carbocycles. The molecule has 1 aromatic heterocycles. The van der Waals surface area contributed by atoms with Crippen molar-refractivity contribution in [2.75, 3.05) is 11.9 Å². The van der Waals surface area contributed by atoms with Crippen LogP contribution in [0.2, 0.25) is 0 Å². The maximum atomic E-state index is 12.4. The first-order valence-corrected chi connectivity index (χ1v) is 6.45. The fourth-order valence-corrected chi connectivity index (χ4v) is 1.86. The third kappa shape index (κ3) is 3.97. The monoisotopic (exact) mass is 282 g/mol. The van der Waals surface area contributed by atoms with Crippen molar-refractivity contribution in [1.29, 1.82) is 0 Å². The lowest BCUT2D eigenvalue weighted by molar-refractivity contribution is -0.137. The number of nitrogens with one attached hydrogen (secondary N) is 2. The number of aliphatic carboxylic acids is 1. The molecule has 0 bridgehead atoms. The number of H-pyrrole nitrogens is 1. The Labute approximate surface area is 118 Å². The van der Waals surface area contributed by atoms with Gasteiger partial charge in [-0.1, -0.05) is 0 Å². The molecule has 0 aliphatic heterocycles. The largest absolute Gasteiger partial charge is 0.481 e. The van der Waals surface area contributed by atoms with Gasteiger partial charge in [0.15, 0.2) is 0 Å². The van der Waals surface area contributed by atoms with Crippen LogP contribution in [0.15, 0.2) is 0 Å². The molecule has 0 spiro atoms. The lowest BCUT2D eigenvalue weighted by Gasteiger charge is -2.35. The molecule has 0 atom stereocenters. The van der Waals surface area contributed by atoms with Crippen molar-refractivity contribution in [2.24, 2.45) is 0 Å². The zero-order chi connectivity index (χ0) is 15.5. The maximum Gasteiger partial charge on any atom is 0.322 e. The molecule has 1 rings (SSSR count). The lowest BCUT2D eigenvalue weighted by atomic mass is 10.1. The number of carbonyl (C=O) groups is 2. The second kappa shape index (κ2) is 5.94. The van der Waals surface area contributed by atoms with Crippen molar-refractivity contribution < 1.29 is 14.7 Å². The lowest BCUT2D eigenvalue weighted by Crippen LogP contribution is -2.48. The second-order valence-electron chi connectivity index (χ2n) is 5.71. The van der Waals surface area contributed by atoms with E-state index in [4.69, 9.17) is 5.11 Å². The van der Waals surface area contributed by atoms with E-state index in [1.54, 1.807) is 6.92 Å². The van der Waals surface area contributed by atoms with Gasteiger partial charge in [-0.25, -0.2) is 4.79 Å². The Hall–Kier alpha value is -2.05. The van der Waals surface area contributed by atoms with Gasteiger partial charge in [0.05, 0.1) is 23.5 Å². The number of rotatable bonds is 4. The highest BCUT2D eigenvalue weighted by atomic mass is 16.4. The van der Waals surface area contributed by atoms with E-state index < -0.39 is 11.5 Å². The molecule has 0 unspecified atom stereocenters. The van der Waals surface area contributed by atoms with Crippen LogP contribution in [0.25, 0.3) is 0 Å². The van der Waals surface area contributed by atoms with Crippen molar-refractivity contribution in [2.45, 2.75) is 46.6 Å². The number of carbonyl (C=O) groups excluding carboxylic acids is 1. The van der Waals surface area contributed by atoms with Crippen LogP contribution in [0.4, 0.5) is 10.5 Å². The number of carboxylic acids is 1. The number of nitrogens with zero attached hydrogens (tertiary/aromatic N) is 2. The zero-order valence-electron chi connectivity index (χ0n) is 12.6. The second-order valence-corrected chi connectivity index (χ2v) is 5.71. The molecule has 0 fully saturated rings. The van der Waals surface area contributed by atoms with Crippen LogP contribution in [0.3, 0.4) is 0 Å². The van der Waals surface area contributed by atoms with E-state index in [1.165, 1.54) is 4.90 Å². The molecule has 7 nitrogen and oxygen atoms in total. The fourth-order valence-electron chi connectivity index (χ4n) is 1.86. The summed E-state index contributed by atoms with van der Waals surface area (Å²) in [5.74, 6) is -0.928. The van der Waals surface area contributed by atoms with Crippen molar-refractivity contribution in [3.63, 3.8) is 0 Å². The van der Waals surface area contributed by atoms with Gasteiger partial charge < -0.3 is 15.3 Å². The van der Waals surface area contributed by atoms with E-state index in [-0.39, 0.29) is 19.0 Å². The van der Waals surface area contributed by atoms with Gasteiger partial charge in [-0.2, -0.15) is 5.10 Å². The Morgan fingerprint density at radius 1 is 1.35 bits per heavy atom. The van der Waals surface area contributed by atoms with Gasteiger partial charge in [0.2, 0.25) is 0 Å². The smallest absolute Gasteiger partial charge is 0.322 e. The molecule has 0 saturated heterocycles. The summed E-state index contributed by atoms with van der Waals surface area (Å²) in [7, 11) is 0. The fraction of sp³-hybridized carbons (Fsp3) is 0.615. The predicted octanol–water partition coefficient (Wildman–Crippen LogP) is 2.13. The molecule has 1 heterocycles. The average molecular weight is 282 g/mol. The van der Waals surface area contributed by atoms with E-state index in [0.29, 0.717) is 11.4 Å². The van der Waals surface area contributed by atoms with Gasteiger partial charge in [0, 0.05) is 12.1 Å². The topological polar surface area (TPSA) is 98.3 Å². The van der Waals surface area contributed by atoms with Gasteiger partial charge in [-0.05, 0) is 34.6 Å². The molecular formula is C13H22N4O3. The molecule has 0 aliphatic rings. The molecule has 3 N–H and O–H groups in total. The molecule has 0 saturated carbocycles. The van der Waals surface area contributed by atoms with Crippen LogP contribution in [0.5, 0.6) is 0 Å². The van der Waals surface area contributed by atoms with Crippen LogP contribution in [-0.2, 0) is 4.79 Å². The van der Waals surface area contributed by atoms with E-state index in [2.05, 4.69) is 15.5 Å². The van der Waals surface area contributed by atoms with Gasteiger partial charge in [-0.15, -0.1) is 0 Å². The highest BCUT2D eigenvalue weighted by Gasteiger charge is 2.27. The first-order chi connectivity index (χ1) is 9.12. The number of hydrogen-bond acceptors (Lipinski definition) is 3. The van der Waals surface area contributed by atoms with Crippen molar-refractivity contribution >= 4 is 17.7 Å². The molecule has 2 amide bonds. The number of amides is 2. The summed E-state index contributed by atoms with van der Waals surface area (Å²) < 4.78 is 0. The molecule has 112 valence electrons. The van der Waals surface area contributed by atoms with E-state index >= 15 is 0 Å². The Kier molecular flexibility index (Phi) is 4.75. The number of urea groups is 1. The number of anilines is 1. The first kappa shape index (κ1) is 16.0. The summed E-state index contributed by atoms with van der Waals surface area (Å²) in [5.41, 5.74) is 1.64. The van der Waals surface area contributed by atoms with E-state index in [9.17, 15) is 9.59 Å². The van der Waals surface area contributed by atoms with Crippen LogP contribution >= 0.6 is 0 Å². The van der Waals surface area contributed by atoms with Crippen LogP contribution in [0.1, 0.15) is 38.6 Å². The number of carboxylic acid groups (broad SMARTS) is 1. The van der Waals surface area contributed by atoms with Crippen molar-refractivity contribution in [3.8, 4) is 0 Å². The van der Waals surface area contributed by atoms with E-state index in [1.807, 2.05) is 27.7 Å². The van der Waals surface area contributed by atoms with Crippen LogP contribution in [0, 0.1) is 13.8 Å². The highest BCUT2D eigenvalue weighted by Crippen LogP contribution is 2.20. The summed E-state index contributed by atoms with van der Waals surface area (Å²) in [5, 5.41) is 18.4. The SMILES string of the molecule is Cc1n[nH]c(C)c1NC(=O)N(CCC(=O)O)C(C)(C)C. The molecule has 0 radical (unpaired) electrons. The Morgan fingerprint density at radius 3 is 2.35 bits per heavy atom. The highest BCUT2D eigenvalue weighted by molar-refractivity contribution is 5.91. The van der Waals surface area contributed by atoms with Gasteiger partial charge >= 0.3 is 12.0 Å². The standard InChI is InChI=1S/C13H22N4O3/c1-8-11(9(2)16-15-8)14-12(20)17(13(3,4)5)7-6-10(18)19/h6-7H2,1-5H3,(H,14,20)(H,15,16)(H,18,19). The van der Waals surface area contributed by atoms with Crippen LogP contribution < -0.4 is 5.32 Å². The molecule has 7 heteroatoms. The summed E-state index contributed by atoms with van der Waals surface area (Å²) in [4.78, 5) is 24.6. The summed E-state index contributed by atoms with van der Waals surface area (Å²) in [6, 6.07) is -0.327. The third-order valence-electron chi connectivity index (χ3n) is 2.96. The number of aromatic amines is 1. The Balaban J connectivity index is 2.86. The minimum atomic E-state index is -0.928. The van der Waals surface area contributed by atoms with Crippen molar-refractivity contribution in [1.82, 2.24) is 15.1 Å². The first-order valence-electron chi connectivity index (χ1n) is 6.45. The summed E-state index contributed by atoms with van der Waals surface area (Å²) >= 11 is 0. The minimum absolute atomic E-state index is 0.0892. The molecule has 20 heavy (non-hydrogen) atoms. The normalized spacial score (nSPS) is 11.2. The molecule has 1 aromatic rings. The number of aromatic nitrogens is 2. The van der Waals surface area contributed by atoms with Gasteiger partial charge in [-0.3, -0.25) is 9.89 Å². The van der Waals surface area contributed by atoms with Crippen molar-refractivity contribution in [3.05, 3.63) is 11.4 Å². The maximum absolute atomic E-state index is 12.4. The van der Waals surface area contributed by atoms with Crippen LogP contribution in [-0.4, -0.2) is 44.3 Å². The summed E-state index contributed by atoms with van der Waals surface area (Å²) in [6.45, 7) is 9.35. The molecular weight excluding hydrogens is 260 g/mol. The molecule has 0 aromatic carbocycles.